The van der Waals surface area contributed by atoms with Crippen molar-refractivity contribution in [3.05, 3.63) is 54.1 Å². The number of amides is 2. The molecule has 0 radical (unpaired) electrons. The normalized spacial score (nSPS) is 21.1. The molecule has 2 atom stereocenters. The van der Waals surface area contributed by atoms with Crippen LogP contribution in [0.5, 0.6) is 0 Å². The first-order valence-electron chi connectivity index (χ1n) is 11.3. The molecular formula is C25H30N4O4. The SMILES string of the molecule is COC(=O)c1ccc(N2CCN(CC(=O)N3c4ccccc4NC(=O)CC3C)C(C)C2)cc1. The van der Waals surface area contributed by atoms with Gasteiger partial charge >= 0.3 is 5.97 Å². The zero-order valence-corrected chi connectivity index (χ0v) is 19.3. The highest BCUT2D eigenvalue weighted by atomic mass is 16.5. The number of piperazine rings is 1. The zero-order valence-electron chi connectivity index (χ0n) is 19.3. The number of carbonyl (C=O) groups is 3. The lowest BCUT2D eigenvalue weighted by Gasteiger charge is -2.41. The Balaban J connectivity index is 1.43. The minimum atomic E-state index is -0.348. The maximum absolute atomic E-state index is 13.4. The van der Waals surface area contributed by atoms with Crippen LogP contribution in [0.1, 0.15) is 30.6 Å². The maximum Gasteiger partial charge on any atom is 0.337 e. The van der Waals surface area contributed by atoms with Crippen molar-refractivity contribution >= 4 is 34.8 Å². The van der Waals surface area contributed by atoms with Gasteiger partial charge in [-0.3, -0.25) is 14.5 Å². The van der Waals surface area contributed by atoms with Crippen LogP contribution < -0.4 is 15.1 Å². The fraction of sp³-hybridized carbons (Fsp3) is 0.400. The van der Waals surface area contributed by atoms with Gasteiger partial charge in [-0.25, -0.2) is 4.79 Å². The van der Waals surface area contributed by atoms with Gasteiger partial charge in [-0.15, -0.1) is 0 Å². The van der Waals surface area contributed by atoms with Gasteiger partial charge in [-0.2, -0.15) is 0 Å². The molecule has 0 aliphatic carbocycles. The van der Waals surface area contributed by atoms with Gasteiger partial charge < -0.3 is 19.9 Å². The molecule has 1 N–H and O–H groups in total. The molecular weight excluding hydrogens is 420 g/mol. The van der Waals surface area contributed by atoms with Crippen LogP contribution in [0.3, 0.4) is 0 Å². The summed E-state index contributed by atoms with van der Waals surface area (Å²) >= 11 is 0. The van der Waals surface area contributed by atoms with Gasteiger partial charge in [0.05, 0.1) is 30.6 Å². The standard InChI is InChI=1S/C25H30N4O4/c1-17-14-23(30)26-21-6-4-5-7-22(21)29(17)24(31)16-27-12-13-28(15-18(27)2)20-10-8-19(9-11-20)25(32)33-3/h4-11,17-18H,12-16H2,1-3H3,(H,26,30). The van der Waals surface area contributed by atoms with E-state index in [4.69, 9.17) is 4.74 Å². The number of esters is 1. The lowest BCUT2D eigenvalue weighted by atomic mass is 10.1. The third-order valence-electron chi connectivity index (χ3n) is 6.38. The summed E-state index contributed by atoms with van der Waals surface area (Å²) in [5.41, 5.74) is 2.99. The van der Waals surface area contributed by atoms with E-state index in [-0.39, 0.29) is 36.3 Å². The van der Waals surface area contributed by atoms with Gasteiger partial charge in [0.15, 0.2) is 0 Å². The fourth-order valence-corrected chi connectivity index (χ4v) is 4.61. The number of hydrogen-bond acceptors (Lipinski definition) is 6. The summed E-state index contributed by atoms with van der Waals surface area (Å²) in [6, 6.07) is 14.8. The second-order valence-corrected chi connectivity index (χ2v) is 8.69. The first-order valence-corrected chi connectivity index (χ1v) is 11.3. The van der Waals surface area contributed by atoms with E-state index in [0.29, 0.717) is 17.8 Å². The van der Waals surface area contributed by atoms with E-state index in [1.807, 2.05) is 43.3 Å². The van der Waals surface area contributed by atoms with Crippen LogP contribution in [0.2, 0.25) is 0 Å². The van der Waals surface area contributed by atoms with Crippen LogP contribution in [0.4, 0.5) is 17.1 Å². The van der Waals surface area contributed by atoms with Crippen LogP contribution in [0, 0.1) is 0 Å². The van der Waals surface area contributed by atoms with E-state index in [1.54, 1.807) is 17.0 Å². The first-order chi connectivity index (χ1) is 15.9. The van der Waals surface area contributed by atoms with Gasteiger partial charge in [-0.1, -0.05) is 12.1 Å². The molecule has 8 heteroatoms. The number of para-hydroxylation sites is 2. The number of carbonyl (C=O) groups excluding carboxylic acids is 3. The average molecular weight is 451 g/mol. The van der Waals surface area contributed by atoms with Crippen molar-refractivity contribution in [2.45, 2.75) is 32.4 Å². The van der Waals surface area contributed by atoms with E-state index < -0.39 is 0 Å². The molecule has 174 valence electrons. The van der Waals surface area contributed by atoms with E-state index in [9.17, 15) is 14.4 Å². The zero-order chi connectivity index (χ0) is 23.5. The summed E-state index contributed by atoms with van der Waals surface area (Å²) in [5.74, 6) is -0.431. The monoisotopic (exact) mass is 450 g/mol. The minimum absolute atomic E-state index is 0.00539. The molecule has 1 saturated heterocycles. The first kappa shape index (κ1) is 22.8. The summed E-state index contributed by atoms with van der Waals surface area (Å²) < 4.78 is 4.77. The molecule has 0 aromatic heterocycles. The largest absolute Gasteiger partial charge is 0.465 e. The smallest absolute Gasteiger partial charge is 0.337 e. The molecule has 2 heterocycles. The molecule has 0 bridgehead atoms. The van der Waals surface area contributed by atoms with Crippen LogP contribution >= 0.6 is 0 Å². The van der Waals surface area contributed by atoms with Crippen LogP contribution in [-0.4, -0.2) is 68.1 Å². The lowest BCUT2D eigenvalue weighted by Crippen LogP contribution is -2.55. The Morgan fingerprint density at radius 1 is 1.03 bits per heavy atom. The number of benzene rings is 2. The summed E-state index contributed by atoms with van der Waals surface area (Å²) in [7, 11) is 1.37. The van der Waals surface area contributed by atoms with Crippen molar-refractivity contribution in [3.63, 3.8) is 0 Å². The van der Waals surface area contributed by atoms with E-state index in [0.717, 1.165) is 31.0 Å². The van der Waals surface area contributed by atoms with Crippen molar-refractivity contribution in [3.8, 4) is 0 Å². The molecule has 2 unspecified atom stereocenters. The minimum Gasteiger partial charge on any atom is -0.465 e. The van der Waals surface area contributed by atoms with Crippen LogP contribution in [0.15, 0.2) is 48.5 Å². The number of rotatable bonds is 4. The van der Waals surface area contributed by atoms with Gasteiger partial charge in [0.1, 0.15) is 0 Å². The molecule has 0 spiro atoms. The predicted molar refractivity (Wildman–Crippen MR) is 128 cm³/mol. The second kappa shape index (κ2) is 9.62. The summed E-state index contributed by atoms with van der Waals surface area (Å²) in [4.78, 5) is 43.5. The van der Waals surface area contributed by atoms with Gasteiger partial charge in [0, 0.05) is 43.8 Å². The van der Waals surface area contributed by atoms with Crippen molar-refractivity contribution in [2.75, 3.05) is 48.4 Å². The van der Waals surface area contributed by atoms with Crippen molar-refractivity contribution < 1.29 is 19.1 Å². The van der Waals surface area contributed by atoms with Crippen molar-refractivity contribution in [1.29, 1.82) is 0 Å². The Labute approximate surface area is 194 Å². The van der Waals surface area contributed by atoms with E-state index in [2.05, 4.69) is 22.0 Å². The maximum atomic E-state index is 13.4. The highest BCUT2D eigenvalue weighted by Gasteiger charge is 2.32. The Morgan fingerprint density at radius 3 is 2.45 bits per heavy atom. The van der Waals surface area contributed by atoms with E-state index >= 15 is 0 Å². The molecule has 0 saturated carbocycles. The second-order valence-electron chi connectivity index (χ2n) is 8.69. The number of fused-ring (bicyclic) bond motifs is 1. The molecule has 2 aliphatic rings. The lowest BCUT2D eigenvalue weighted by molar-refractivity contribution is -0.121. The molecule has 2 amide bonds. The number of ether oxygens (including phenoxy) is 1. The number of nitrogens with one attached hydrogen (secondary N) is 1. The third-order valence-corrected chi connectivity index (χ3v) is 6.38. The highest BCUT2D eigenvalue weighted by molar-refractivity contribution is 6.05. The van der Waals surface area contributed by atoms with Crippen molar-refractivity contribution in [2.24, 2.45) is 0 Å². The van der Waals surface area contributed by atoms with Gasteiger partial charge in [-0.05, 0) is 50.2 Å². The molecule has 1 fully saturated rings. The topological polar surface area (TPSA) is 82.2 Å². The van der Waals surface area contributed by atoms with Crippen LogP contribution in [-0.2, 0) is 14.3 Å². The number of methoxy groups -OCH3 is 1. The number of hydrogen-bond donors (Lipinski definition) is 1. The third kappa shape index (κ3) is 4.85. The Bertz CT molecular complexity index is 1040. The fourth-order valence-electron chi connectivity index (χ4n) is 4.61. The Morgan fingerprint density at radius 2 is 1.76 bits per heavy atom. The van der Waals surface area contributed by atoms with Crippen molar-refractivity contribution in [1.82, 2.24) is 4.90 Å². The summed E-state index contributed by atoms with van der Waals surface area (Å²) in [5, 5.41) is 2.91. The molecule has 2 aliphatic heterocycles. The average Bonchev–Trinajstić information content (AvgIpc) is 2.94. The highest BCUT2D eigenvalue weighted by Crippen LogP contribution is 2.31. The number of anilines is 3. The quantitative estimate of drug-likeness (QED) is 0.722. The Kier molecular flexibility index (Phi) is 6.65. The predicted octanol–water partition coefficient (Wildman–Crippen LogP) is 2.75. The van der Waals surface area contributed by atoms with Crippen LogP contribution in [0.25, 0.3) is 0 Å². The van der Waals surface area contributed by atoms with Gasteiger partial charge in [0.2, 0.25) is 11.8 Å². The molecule has 33 heavy (non-hydrogen) atoms. The molecule has 8 nitrogen and oxygen atoms in total. The van der Waals surface area contributed by atoms with E-state index in [1.165, 1.54) is 7.11 Å². The Hall–Kier alpha value is -3.39. The molecule has 2 aromatic carbocycles. The number of nitrogens with zero attached hydrogens (tertiary/aromatic N) is 3. The summed E-state index contributed by atoms with van der Waals surface area (Å²) in [6.45, 7) is 6.63. The van der Waals surface area contributed by atoms with Gasteiger partial charge in [0.25, 0.3) is 0 Å². The molecule has 2 aromatic rings. The molecule has 4 rings (SSSR count). The summed E-state index contributed by atoms with van der Waals surface area (Å²) in [6.07, 6.45) is 0.269.